The Kier molecular flexibility index (Phi) is 4.34. The summed E-state index contributed by atoms with van der Waals surface area (Å²) in [6.45, 7) is 3.84. The molecule has 1 aromatic heterocycles. The maximum atomic E-state index is 11.7. The van der Waals surface area contributed by atoms with Gasteiger partial charge in [-0.3, -0.25) is 4.79 Å². The second-order valence-corrected chi connectivity index (χ2v) is 5.00. The second-order valence-electron chi connectivity index (χ2n) is 4.15. The number of aromatic nitrogens is 2. The molecule has 0 saturated carbocycles. The highest BCUT2D eigenvalue weighted by atomic mass is 79.9. The Bertz CT molecular complexity index is 710. The van der Waals surface area contributed by atoms with E-state index in [4.69, 9.17) is 4.74 Å². The standard InChI is InChI=1S/C14H13BrN2O3/c1-3-20-14(19)13-12(18)6-7-17(16-13)11-5-4-9(2)8-10(11)15/h4-8H,3H2,1-2H3. The van der Waals surface area contributed by atoms with E-state index >= 15 is 0 Å². The minimum Gasteiger partial charge on any atom is -0.461 e. The predicted molar refractivity (Wildman–Crippen MR) is 78.2 cm³/mol. The minimum absolute atomic E-state index is 0.197. The lowest BCUT2D eigenvalue weighted by Gasteiger charge is -2.09. The average Bonchev–Trinajstić information content (AvgIpc) is 2.40. The lowest BCUT2D eigenvalue weighted by atomic mass is 10.2. The Hall–Kier alpha value is -1.95. The molecule has 0 aliphatic carbocycles. The molecule has 0 N–H and O–H groups in total. The first-order valence-electron chi connectivity index (χ1n) is 6.06. The van der Waals surface area contributed by atoms with Crippen LogP contribution in [0.2, 0.25) is 0 Å². The van der Waals surface area contributed by atoms with Crippen LogP contribution in [0.5, 0.6) is 0 Å². The summed E-state index contributed by atoms with van der Waals surface area (Å²) in [5.74, 6) is -0.713. The topological polar surface area (TPSA) is 61.2 Å². The fourth-order valence-corrected chi connectivity index (χ4v) is 2.36. The summed E-state index contributed by atoms with van der Waals surface area (Å²) in [7, 11) is 0. The zero-order chi connectivity index (χ0) is 14.7. The first kappa shape index (κ1) is 14.5. The summed E-state index contributed by atoms with van der Waals surface area (Å²) in [5.41, 5.74) is 1.15. The molecule has 5 nitrogen and oxygen atoms in total. The summed E-state index contributed by atoms with van der Waals surface area (Å²) >= 11 is 3.44. The van der Waals surface area contributed by atoms with Crippen molar-refractivity contribution in [2.45, 2.75) is 13.8 Å². The van der Waals surface area contributed by atoms with Gasteiger partial charge in [-0.1, -0.05) is 6.07 Å². The Balaban J connectivity index is 2.51. The summed E-state index contributed by atoms with van der Waals surface area (Å²) in [6, 6.07) is 7.00. The van der Waals surface area contributed by atoms with Crippen molar-refractivity contribution in [1.29, 1.82) is 0 Å². The molecule has 0 spiro atoms. The van der Waals surface area contributed by atoms with Gasteiger partial charge in [0, 0.05) is 16.7 Å². The number of esters is 1. The van der Waals surface area contributed by atoms with E-state index in [1.807, 2.05) is 25.1 Å². The van der Waals surface area contributed by atoms with E-state index in [2.05, 4.69) is 21.0 Å². The van der Waals surface area contributed by atoms with Crippen molar-refractivity contribution < 1.29 is 9.53 Å². The van der Waals surface area contributed by atoms with Gasteiger partial charge in [0.1, 0.15) is 0 Å². The van der Waals surface area contributed by atoms with E-state index in [0.717, 1.165) is 15.7 Å². The lowest BCUT2D eigenvalue weighted by Crippen LogP contribution is -2.22. The number of rotatable bonds is 3. The van der Waals surface area contributed by atoms with Crippen molar-refractivity contribution in [3.05, 3.63) is 56.4 Å². The molecule has 0 fully saturated rings. The van der Waals surface area contributed by atoms with Crippen LogP contribution in [0.4, 0.5) is 0 Å². The van der Waals surface area contributed by atoms with Gasteiger partial charge < -0.3 is 4.74 Å². The third-order valence-electron chi connectivity index (χ3n) is 2.63. The summed E-state index contributed by atoms with van der Waals surface area (Å²) in [5, 5.41) is 4.05. The molecule has 6 heteroatoms. The van der Waals surface area contributed by atoms with Crippen molar-refractivity contribution >= 4 is 21.9 Å². The number of hydrogen-bond acceptors (Lipinski definition) is 4. The van der Waals surface area contributed by atoms with E-state index in [1.165, 1.54) is 16.9 Å². The Morgan fingerprint density at radius 2 is 2.15 bits per heavy atom. The number of ether oxygens (including phenoxy) is 1. The third-order valence-corrected chi connectivity index (χ3v) is 3.26. The number of carbonyl (C=O) groups excluding carboxylic acids is 1. The first-order valence-corrected chi connectivity index (χ1v) is 6.86. The highest BCUT2D eigenvalue weighted by Crippen LogP contribution is 2.21. The zero-order valence-corrected chi connectivity index (χ0v) is 12.7. The predicted octanol–water partition coefficient (Wildman–Crippen LogP) is 2.48. The van der Waals surface area contributed by atoms with Gasteiger partial charge in [-0.15, -0.1) is 0 Å². The van der Waals surface area contributed by atoms with Crippen LogP contribution in [0, 0.1) is 6.92 Å². The molecule has 104 valence electrons. The number of halogens is 1. The van der Waals surface area contributed by atoms with Gasteiger partial charge in [-0.2, -0.15) is 5.10 Å². The highest BCUT2D eigenvalue weighted by molar-refractivity contribution is 9.10. The van der Waals surface area contributed by atoms with Gasteiger partial charge >= 0.3 is 5.97 Å². The van der Waals surface area contributed by atoms with Gasteiger partial charge in [-0.25, -0.2) is 9.48 Å². The molecule has 0 saturated heterocycles. The fourth-order valence-electron chi connectivity index (χ4n) is 1.68. The molecule has 2 rings (SSSR count). The van der Waals surface area contributed by atoms with Crippen LogP contribution in [-0.2, 0) is 4.74 Å². The van der Waals surface area contributed by atoms with Crippen molar-refractivity contribution in [2.75, 3.05) is 6.61 Å². The van der Waals surface area contributed by atoms with E-state index < -0.39 is 11.4 Å². The van der Waals surface area contributed by atoms with Crippen LogP contribution in [0.15, 0.2) is 39.7 Å². The van der Waals surface area contributed by atoms with Crippen molar-refractivity contribution in [3.63, 3.8) is 0 Å². The zero-order valence-electron chi connectivity index (χ0n) is 11.1. The molecule has 0 aliphatic heterocycles. The van der Waals surface area contributed by atoms with Gasteiger partial charge in [-0.05, 0) is 47.5 Å². The maximum absolute atomic E-state index is 11.7. The number of aryl methyl sites for hydroxylation is 1. The largest absolute Gasteiger partial charge is 0.461 e. The Morgan fingerprint density at radius 3 is 2.80 bits per heavy atom. The molecule has 0 atom stereocenters. The smallest absolute Gasteiger partial charge is 0.362 e. The summed E-state index contributed by atoms with van der Waals surface area (Å²) in [6.07, 6.45) is 1.51. The first-order chi connectivity index (χ1) is 9.52. The van der Waals surface area contributed by atoms with Crippen molar-refractivity contribution in [3.8, 4) is 5.69 Å². The minimum atomic E-state index is -0.713. The monoisotopic (exact) mass is 336 g/mol. The number of benzene rings is 1. The maximum Gasteiger partial charge on any atom is 0.362 e. The van der Waals surface area contributed by atoms with E-state index in [9.17, 15) is 9.59 Å². The Labute approximate surface area is 124 Å². The van der Waals surface area contributed by atoms with Gasteiger partial charge in [0.25, 0.3) is 0 Å². The van der Waals surface area contributed by atoms with Gasteiger partial charge in [0.2, 0.25) is 11.1 Å². The van der Waals surface area contributed by atoms with Crippen LogP contribution in [0.1, 0.15) is 23.0 Å². The van der Waals surface area contributed by atoms with Gasteiger partial charge in [0.05, 0.1) is 12.3 Å². The van der Waals surface area contributed by atoms with Crippen LogP contribution in [0.25, 0.3) is 5.69 Å². The highest BCUT2D eigenvalue weighted by Gasteiger charge is 2.15. The molecule has 20 heavy (non-hydrogen) atoms. The Morgan fingerprint density at radius 1 is 1.40 bits per heavy atom. The van der Waals surface area contributed by atoms with Gasteiger partial charge in [0.15, 0.2) is 0 Å². The molecular weight excluding hydrogens is 324 g/mol. The fraction of sp³-hybridized carbons (Fsp3) is 0.214. The van der Waals surface area contributed by atoms with Crippen LogP contribution in [-0.4, -0.2) is 22.4 Å². The average molecular weight is 337 g/mol. The molecule has 0 amide bonds. The van der Waals surface area contributed by atoms with Crippen molar-refractivity contribution in [2.24, 2.45) is 0 Å². The molecule has 2 aromatic rings. The molecule has 1 aromatic carbocycles. The molecule has 1 heterocycles. The van der Waals surface area contributed by atoms with Crippen LogP contribution < -0.4 is 5.43 Å². The number of carbonyl (C=O) groups is 1. The summed E-state index contributed by atoms with van der Waals surface area (Å²) in [4.78, 5) is 23.3. The van der Waals surface area contributed by atoms with E-state index in [0.29, 0.717) is 0 Å². The number of hydrogen-bond donors (Lipinski definition) is 0. The van der Waals surface area contributed by atoms with E-state index in [-0.39, 0.29) is 12.3 Å². The molecule has 0 aliphatic rings. The van der Waals surface area contributed by atoms with Crippen LogP contribution in [0.3, 0.4) is 0 Å². The summed E-state index contributed by atoms with van der Waals surface area (Å²) < 4.78 is 7.11. The third kappa shape index (κ3) is 2.96. The van der Waals surface area contributed by atoms with Crippen LogP contribution >= 0.6 is 15.9 Å². The molecule has 0 radical (unpaired) electrons. The molecular formula is C14H13BrN2O3. The quantitative estimate of drug-likeness (QED) is 0.808. The number of nitrogens with zero attached hydrogens (tertiary/aromatic N) is 2. The molecule has 0 unspecified atom stereocenters. The normalized spacial score (nSPS) is 10.3. The van der Waals surface area contributed by atoms with E-state index in [1.54, 1.807) is 6.92 Å². The van der Waals surface area contributed by atoms with Crippen molar-refractivity contribution in [1.82, 2.24) is 9.78 Å². The lowest BCUT2D eigenvalue weighted by molar-refractivity contribution is 0.0515. The second kappa shape index (κ2) is 6.00. The molecule has 0 bridgehead atoms. The SMILES string of the molecule is CCOC(=O)c1nn(-c2ccc(C)cc2Br)ccc1=O.